The zero-order chi connectivity index (χ0) is 11.6. The molecule has 2 heteroatoms. The average Bonchev–Trinajstić information content (AvgIpc) is 2.96. The van der Waals surface area contributed by atoms with E-state index >= 15 is 0 Å². The molecule has 2 nitrogen and oxygen atoms in total. The van der Waals surface area contributed by atoms with Crippen molar-refractivity contribution >= 4 is 11.6 Å². The van der Waals surface area contributed by atoms with Crippen LogP contribution in [-0.4, -0.2) is 11.6 Å². The van der Waals surface area contributed by atoms with Crippen molar-refractivity contribution in [3.05, 3.63) is 23.3 Å². The Bertz CT molecular complexity index is 441. The predicted octanol–water partition coefficient (Wildman–Crippen LogP) is 2.45. The van der Waals surface area contributed by atoms with Crippen molar-refractivity contribution in [1.82, 2.24) is 0 Å². The Morgan fingerprint density at radius 2 is 1.29 bits per heavy atom. The van der Waals surface area contributed by atoms with Crippen molar-refractivity contribution in [3.8, 4) is 0 Å². The van der Waals surface area contributed by atoms with Crippen LogP contribution in [0.15, 0.2) is 23.3 Å². The first kappa shape index (κ1) is 9.81. The predicted molar refractivity (Wildman–Crippen MR) is 63.2 cm³/mol. The number of carbonyl (C=O) groups is 2. The van der Waals surface area contributed by atoms with Gasteiger partial charge in [0, 0.05) is 23.0 Å². The second-order valence-corrected chi connectivity index (χ2v) is 5.89. The van der Waals surface area contributed by atoms with Gasteiger partial charge >= 0.3 is 0 Å². The molecule has 4 aliphatic rings. The highest BCUT2D eigenvalue weighted by molar-refractivity contribution is 6.14. The van der Waals surface area contributed by atoms with E-state index in [0.717, 1.165) is 43.3 Å². The molecule has 4 atom stereocenters. The van der Waals surface area contributed by atoms with Crippen LogP contribution in [0.5, 0.6) is 0 Å². The Labute approximate surface area is 101 Å². The van der Waals surface area contributed by atoms with Crippen LogP contribution in [0.3, 0.4) is 0 Å². The van der Waals surface area contributed by atoms with Crippen molar-refractivity contribution in [3.63, 3.8) is 0 Å². The van der Waals surface area contributed by atoms with Gasteiger partial charge in [0.15, 0.2) is 11.6 Å². The molecule has 0 radical (unpaired) electrons. The Morgan fingerprint density at radius 1 is 0.824 bits per heavy atom. The maximum absolute atomic E-state index is 12.5. The Balaban J connectivity index is 1.84. The SMILES string of the molecule is O=C1C2=C(CCCC2)C(=O)C2C3C=CC(C3)C12. The third-order valence-electron chi connectivity index (χ3n) is 5.13. The van der Waals surface area contributed by atoms with E-state index in [9.17, 15) is 9.59 Å². The summed E-state index contributed by atoms with van der Waals surface area (Å²) >= 11 is 0. The lowest BCUT2D eigenvalue weighted by atomic mass is 9.66. The van der Waals surface area contributed by atoms with Crippen molar-refractivity contribution in [2.24, 2.45) is 23.7 Å². The summed E-state index contributed by atoms with van der Waals surface area (Å²) in [4.78, 5) is 25.1. The highest BCUT2D eigenvalue weighted by Gasteiger charge is 2.55. The van der Waals surface area contributed by atoms with E-state index in [1.54, 1.807) is 0 Å². The molecular formula is C15H16O2. The van der Waals surface area contributed by atoms with E-state index in [0.29, 0.717) is 23.4 Å². The smallest absolute Gasteiger partial charge is 0.163 e. The third-order valence-corrected chi connectivity index (χ3v) is 5.13. The normalized spacial score (nSPS) is 43.1. The molecular weight excluding hydrogens is 212 g/mol. The molecule has 0 heterocycles. The molecule has 0 amide bonds. The number of hydrogen-bond donors (Lipinski definition) is 0. The number of Topliss-reactive ketones (excluding diaryl/α,β-unsaturated/α-hetero) is 2. The third kappa shape index (κ3) is 1.11. The number of ketones is 2. The molecule has 4 unspecified atom stereocenters. The van der Waals surface area contributed by atoms with Crippen molar-refractivity contribution in [2.75, 3.05) is 0 Å². The lowest BCUT2D eigenvalue weighted by Crippen LogP contribution is -2.40. The van der Waals surface area contributed by atoms with Crippen LogP contribution in [0.2, 0.25) is 0 Å². The standard InChI is InChI=1S/C15H16O2/c16-14-10-3-1-2-4-11(10)15(17)13-9-6-5-8(7-9)12(13)14/h5-6,8-9,12-13H,1-4,7H2. The molecule has 1 saturated carbocycles. The van der Waals surface area contributed by atoms with E-state index in [1.165, 1.54) is 0 Å². The van der Waals surface area contributed by atoms with Crippen LogP contribution in [0.4, 0.5) is 0 Å². The summed E-state index contributed by atoms with van der Waals surface area (Å²) < 4.78 is 0. The number of allylic oxidation sites excluding steroid dienone is 4. The second-order valence-electron chi connectivity index (χ2n) is 5.89. The van der Waals surface area contributed by atoms with Crippen LogP contribution >= 0.6 is 0 Å². The summed E-state index contributed by atoms with van der Waals surface area (Å²) in [6.07, 6.45) is 9.25. The van der Waals surface area contributed by atoms with Gasteiger partial charge in [-0.1, -0.05) is 12.2 Å². The largest absolute Gasteiger partial charge is 0.294 e. The Kier molecular flexibility index (Phi) is 1.84. The molecule has 0 N–H and O–H groups in total. The van der Waals surface area contributed by atoms with E-state index in [4.69, 9.17) is 0 Å². The monoisotopic (exact) mass is 228 g/mol. The first-order valence-corrected chi connectivity index (χ1v) is 6.76. The van der Waals surface area contributed by atoms with Crippen LogP contribution < -0.4 is 0 Å². The topological polar surface area (TPSA) is 34.1 Å². The van der Waals surface area contributed by atoms with Crippen molar-refractivity contribution < 1.29 is 9.59 Å². The van der Waals surface area contributed by atoms with Crippen LogP contribution in [0.25, 0.3) is 0 Å². The molecule has 0 spiro atoms. The molecule has 0 saturated heterocycles. The lowest BCUT2D eigenvalue weighted by Gasteiger charge is -2.34. The maximum atomic E-state index is 12.5. The molecule has 0 aliphatic heterocycles. The molecule has 17 heavy (non-hydrogen) atoms. The fourth-order valence-corrected chi connectivity index (χ4v) is 4.39. The van der Waals surface area contributed by atoms with Gasteiger partial charge in [-0.05, 0) is 43.9 Å². The minimum atomic E-state index is 0.00866. The molecule has 4 aliphatic carbocycles. The highest BCUT2D eigenvalue weighted by atomic mass is 16.1. The van der Waals surface area contributed by atoms with Crippen molar-refractivity contribution in [2.45, 2.75) is 32.1 Å². The first-order valence-electron chi connectivity index (χ1n) is 6.76. The summed E-state index contributed by atoms with van der Waals surface area (Å²) in [6, 6.07) is 0. The maximum Gasteiger partial charge on any atom is 0.163 e. The summed E-state index contributed by atoms with van der Waals surface area (Å²) in [6.45, 7) is 0. The molecule has 4 rings (SSSR count). The van der Waals surface area contributed by atoms with E-state index in [2.05, 4.69) is 12.2 Å². The molecule has 88 valence electrons. The van der Waals surface area contributed by atoms with Crippen LogP contribution in [-0.2, 0) is 9.59 Å². The van der Waals surface area contributed by atoms with Gasteiger partial charge in [0.1, 0.15) is 0 Å². The summed E-state index contributed by atoms with van der Waals surface area (Å²) in [5.41, 5.74) is 1.81. The minimum Gasteiger partial charge on any atom is -0.294 e. The van der Waals surface area contributed by atoms with E-state index in [1.807, 2.05) is 0 Å². The summed E-state index contributed by atoms with van der Waals surface area (Å²) in [5.74, 6) is 1.38. The Morgan fingerprint density at radius 3 is 1.76 bits per heavy atom. The van der Waals surface area contributed by atoms with Crippen molar-refractivity contribution in [1.29, 1.82) is 0 Å². The van der Waals surface area contributed by atoms with Gasteiger partial charge in [-0.15, -0.1) is 0 Å². The molecule has 1 fully saturated rings. The van der Waals surface area contributed by atoms with Crippen LogP contribution in [0.1, 0.15) is 32.1 Å². The second kappa shape index (κ2) is 3.18. The first-order chi connectivity index (χ1) is 8.27. The van der Waals surface area contributed by atoms with E-state index in [-0.39, 0.29) is 11.8 Å². The summed E-state index contributed by atoms with van der Waals surface area (Å²) in [7, 11) is 0. The van der Waals surface area contributed by atoms with Gasteiger partial charge in [-0.2, -0.15) is 0 Å². The lowest BCUT2D eigenvalue weighted by molar-refractivity contribution is -0.131. The zero-order valence-corrected chi connectivity index (χ0v) is 9.82. The zero-order valence-electron chi connectivity index (χ0n) is 9.82. The van der Waals surface area contributed by atoms with Gasteiger partial charge in [0.25, 0.3) is 0 Å². The van der Waals surface area contributed by atoms with Gasteiger partial charge in [0.05, 0.1) is 0 Å². The number of fused-ring (bicyclic) bond motifs is 5. The average molecular weight is 228 g/mol. The Hall–Kier alpha value is -1.18. The minimum absolute atomic E-state index is 0.00866. The number of carbonyl (C=O) groups excluding carboxylic acids is 2. The summed E-state index contributed by atoms with van der Waals surface area (Å²) in [5, 5.41) is 0. The number of rotatable bonds is 0. The van der Waals surface area contributed by atoms with Gasteiger partial charge in [-0.3, -0.25) is 9.59 Å². The van der Waals surface area contributed by atoms with Crippen LogP contribution in [0, 0.1) is 23.7 Å². The fraction of sp³-hybridized carbons (Fsp3) is 0.600. The molecule has 2 bridgehead atoms. The molecule has 0 aromatic rings. The van der Waals surface area contributed by atoms with Gasteiger partial charge in [0.2, 0.25) is 0 Å². The molecule has 0 aromatic heterocycles. The van der Waals surface area contributed by atoms with Gasteiger partial charge < -0.3 is 0 Å². The highest BCUT2D eigenvalue weighted by Crippen LogP contribution is 2.53. The van der Waals surface area contributed by atoms with E-state index < -0.39 is 0 Å². The molecule has 0 aromatic carbocycles. The number of hydrogen-bond acceptors (Lipinski definition) is 2. The van der Waals surface area contributed by atoms with Gasteiger partial charge in [-0.25, -0.2) is 0 Å². The fourth-order valence-electron chi connectivity index (χ4n) is 4.39. The quantitative estimate of drug-likeness (QED) is 0.597.